The minimum absolute atomic E-state index is 0.0711. The van der Waals surface area contributed by atoms with Gasteiger partial charge >= 0.3 is 0 Å². The van der Waals surface area contributed by atoms with Crippen LogP contribution in [0.2, 0.25) is 0 Å². The largest absolute Gasteiger partial charge is 0.353 e. The molecule has 92 valence electrons. The Morgan fingerprint density at radius 1 is 1.00 bits per heavy atom. The molecule has 0 radical (unpaired) electrons. The van der Waals surface area contributed by atoms with Gasteiger partial charge in [0, 0.05) is 12.0 Å². The lowest BCUT2D eigenvalue weighted by molar-refractivity contribution is -0.125. The summed E-state index contributed by atoms with van der Waals surface area (Å²) >= 11 is 0. The van der Waals surface area contributed by atoms with E-state index in [1.165, 1.54) is 12.8 Å². The lowest BCUT2D eigenvalue weighted by atomic mass is 10.0. The zero-order chi connectivity index (χ0) is 11.6. The number of hydrogen-bond acceptors (Lipinski definition) is 3. The molecule has 0 aromatic rings. The third kappa shape index (κ3) is 2.97. The summed E-state index contributed by atoms with van der Waals surface area (Å²) in [5.41, 5.74) is 0. The number of nitrogens with one attached hydrogen (secondary N) is 1. The number of carbonyl (C=O) groups is 1. The van der Waals surface area contributed by atoms with Crippen LogP contribution in [-0.2, 0) is 14.6 Å². The van der Waals surface area contributed by atoms with Gasteiger partial charge in [0.1, 0.15) is 9.84 Å². The van der Waals surface area contributed by atoms with Crippen LogP contribution >= 0.6 is 0 Å². The van der Waals surface area contributed by atoms with Crippen molar-refractivity contribution in [3.63, 3.8) is 0 Å². The fourth-order valence-corrected chi connectivity index (χ4v) is 4.03. The van der Waals surface area contributed by atoms with Gasteiger partial charge in [-0.05, 0) is 25.7 Å². The van der Waals surface area contributed by atoms with Crippen LogP contribution in [0.15, 0.2) is 0 Å². The maximum absolute atomic E-state index is 11.9. The van der Waals surface area contributed by atoms with Crippen LogP contribution in [0.5, 0.6) is 0 Å². The molecule has 16 heavy (non-hydrogen) atoms. The Balaban J connectivity index is 1.82. The van der Waals surface area contributed by atoms with Crippen LogP contribution in [0.25, 0.3) is 0 Å². The minimum atomic E-state index is -2.86. The van der Waals surface area contributed by atoms with Crippen LogP contribution in [0, 0.1) is 5.92 Å². The highest BCUT2D eigenvalue weighted by Gasteiger charge is 2.29. The van der Waals surface area contributed by atoms with E-state index in [4.69, 9.17) is 0 Å². The van der Waals surface area contributed by atoms with Gasteiger partial charge in [-0.3, -0.25) is 4.79 Å². The Morgan fingerprint density at radius 3 is 2.12 bits per heavy atom. The van der Waals surface area contributed by atoms with Gasteiger partial charge in [-0.2, -0.15) is 0 Å². The molecular formula is C11H19NO3S. The molecule has 1 aliphatic carbocycles. The molecule has 2 fully saturated rings. The summed E-state index contributed by atoms with van der Waals surface area (Å²) in [6.45, 7) is 0. The summed E-state index contributed by atoms with van der Waals surface area (Å²) in [4.78, 5) is 11.9. The van der Waals surface area contributed by atoms with Gasteiger partial charge in [-0.1, -0.05) is 12.8 Å². The zero-order valence-corrected chi connectivity index (χ0v) is 10.3. The second-order valence-electron chi connectivity index (χ2n) is 4.92. The number of hydrogen-bond donors (Lipinski definition) is 1. The lowest BCUT2D eigenvalue weighted by Gasteiger charge is -2.23. The number of amides is 1. The summed E-state index contributed by atoms with van der Waals surface area (Å²) in [5, 5.41) is 3.04. The molecule has 2 aliphatic rings. The van der Waals surface area contributed by atoms with Gasteiger partial charge in [0.15, 0.2) is 0 Å². The summed E-state index contributed by atoms with van der Waals surface area (Å²) in [7, 11) is -2.86. The quantitative estimate of drug-likeness (QED) is 0.785. The average Bonchev–Trinajstić information content (AvgIpc) is 2.70. The van der Waals surface area contributed by atoms with E-state index < -0.39 is 9.84 Å². The molecule has 0 unspecified atom stereocenters. The summed E-state index contributed by atoms with van der Waals surface area (Å²) in [5.74, 6) is 0.344. The molecule has 1 amide bonds. The summed E-state index contributed by atoms with van der Waals surface area (Å²) in [6.07, 6.45) is 5.56. The number of carbonyl (C=O) groups excluding carboxylic acids is 1. The molecule has 0 aromatic carbocycles. The molecule has 0 spiro atoms. The second kappa shape index (κ2) is 4.73. The van der Waals surface area contributed by atoms with Crippen molar-refractivity contribution < 1.29 is 13.2 Å². The van der Waals surface area contributed by atoms with Crippen molar-refractivity contribution in [1.29, 1.82) is 0 Å². The topological polar surface area (TPSA) is 63.2 Å². The number of rotatable bonds is 2. The highest BCUT2D eigenvalue weighted by Crippen LogP contribution is 2.22. The Bertz CT molecular complexity index is 343. The standard InChI is InChI=1S/C11H19NO3S/c13-11(12-10-3-1-2-4-10)9-5-7-16(14,15)8-6-9/h9-10H,1-8H2,(H,12,13). The molecule has 4 nitrogen and oxygen atoms in total. The monoisotopic (exact) mass is 245 g/mol. The van der Waals surface area contributed by atoms with Gasteiger partial charge in [0.05, 0.1) is 11.5 Å². The van der Waals surface area contributed by atoms with Crippen molar-refractivity contribution in [2.45, 2.75) is 44.6 Å². The maximum Gasteiger partial charge on any atom is 0.223 e. The summed E-state index contributed by atoms with van der Waals surface area (Å²) in [6, 6.07) is 0.339. The van der Waals surface area contributed by atoms with Crippen molar-refractivity contribution in [2.75, 3.05) is 11.5 Å². The van der Waals surface area contributed by atoms with Gasteiger partial charge < -0.3 is 5.32 Å². The van der Waals surface area contributed by atoms with Crippen LogP contribution in [-0.4, -0.2) is 31.9 Å². The van der Waals surface area contributed by atoms with E-state index in [2.05, 4.69) is 5.32 Å². The van der Waals surface area contributed by atoms with E-state index in [9.17, 15) is 13.2 Å². The first kappa shape index (κ1) is 11.9. The van der Waals surface area contributed by atoms with Crippen LogP contribution in [0.3, 0.4) is 0 Å². The molecular weight excluding hydrogens is 226 g/mol. The first-order chi connectivity index (χ1) is 7.57. The van der Waals surface area contributed by atoms with Crippen molar-refractivity contribution in [3.8, 4) is 0 Å². The van der Waals surface area contributed by atoms with Gasteiger partial charge in [-0.15, -0.1) is 0 Å². The SMILES string of the molecule is O=C(NC1CCCC1)C1CCS(=O)(=O)CC1. The first-order valence-electron chi connectivity index (χ1n) is 6.08. The second-order valence-corrected chi connectivity index (χ2v) is 7.22. The van der Waals surface area contributed by atoms with E-state index in [-0.39, 0.29) is 23.3 Å². The molecule has 1 saturated heterocycles. The Kier molecular flexibility index (Phi) is 3.52. The molecule has 0 bridgehead atoms. The van der Waals surface area contributed by atoms with Crippen molar-refractivity contribution in [2.24, 2.45) is 5.92 Å². The van der Waals surface area contributed by atoms with Gasteiger partial charge in [0.25, 0.3) is 0 Å². The van der Waals surface area contributed by atoms with Crippen molar-refractivity contribution in [1.82, 2.24) is 5.32 Å². The Hall–Kier alpha value is -0.580. The molecule has 1 N–H and O–H groups in total. The third-order valence-corrected chi connectivity index (χ3v) is 5.34. The van der Waals surface area contributed by atoms with E-state index in [1.54, 1.807) is 0 Å². The van der Waals surface area contributed by atoms with Crippen molar-refractivity contribution >= 4 is 15.7 Å². The van der Waals surface area contributed by atoms with Gasteiger partial charge in [-0.25, -0.2) is 8.42 Å². The lowest BCUT2D eigenvalue weighted by Crippen LogP contribution is -2.40. The zero-order valence-electron chi connectivity index (χ0n) is 9.44. The molecule has 1 aliphatic heterocycles. The van der Waals surface area contributed by atoms with Gasteiger partial charge in [0.2, 0.25) is 5.91 Å². The summed E-state index contributed by atoms with van der Waals surface area (Å²) < 4.78 is 22.5. The fraction of sp³-hybridized carbons (Fsp3) is 0.909. The first-order valence-corrected chi connectivity index (χ1v) is 7.90. The molecule has 2 rings (SSSR count). The third-order valence-electron chi connectivity index (χ3n) is 3.63. The molecule has 5 heteroatoms. The van der Waals surface area contributed by atoms with E-state index in [0.717, 1.165) is 12.8 Å². The molecule has 1 heterocycles. The molecule has 0 atom stereocenters. The van der Waals surface area contributed by atoms with E-state index >= 15 is 0 Å². The predicted molar refractivity (Wildman–Crippen MR) is 61.8 cm³/mol. The van der Waals surface area contributed by atoms with E-state index in [1.807, 2.05) is 0 Å². The molecule has 1 saturated carbocycles. The van der Waals surface area contributed by atoms with Crippen LogP contribution in [0.1, 0.15) is 38.5 Å². The van der Waals surface area contributed by atoms with Crippen LogP contribution in [0.4, 0.5) is 0 Å². The normalized spacial score (nSPS) is 26.8. The van der Waals surface area contributed by atoms with Crippen molar-refractivity contribution in [3.05, 3.63) is 0 Å². The Labute approximate surface area is 96.7 Å². The average molecular weight is 245 g/mol. The van der Waals surface area contributed by atoms with Crippen LogP contribution < -0.4 is 5.32 Å². The molecule has 0 aromatic heterocycles. The highest BCUT2D eigenvalue weighted by atomic mass is 32.2. The highest BCUT2D eigenvalue weighted by molar-refractivity contribution is 7.91. The smallest absolute Gasteiger partial charge is 0.223 e. The minimum Gasteiger partial charge on any atom is -0.353 e. The Morgan fingerprint density at radius 2 is 1.56 bits per heavy atom. The predicted octanol–water partition coefficient (Wildman–Crippen LogP) is 0.870. The maximum atomic E-state index is 11.9. The van der Waals surface area contributed by atoms with E-state index in [0.29, 0.717) is 18.9 Å². The fourth-order valence-electron chi connectivity index (χ4n) is 2.54. The number of sulfone groups is 1.